The van der Waals surface area contributed by atoms with Crippen molar-refractivity contribution in [2.45, 2.75) is 43.8 Å². The molecule has 1 aliphatic heterocycles. The molecule has 2 N–H and O–H groups in total. The topological polar surface area (TPSA) is 93.7 Å². The average Bonchev–Trinajstić information content (AvgIpc) is 2.88. The molecule has 0 atom stereocenters. The predicted molar refractivity (Wildman–Crippen MR) is 113 cm³/mol. The first kappa shape index (κ1) is 21.4. The van der Waals surface area contributed by atoms with Crippen molar-refractivity contribution < 1.29 is 22.5 Å². The molecule has 7 nitrogen and oxygen atoms in total. The van der Waals surface area contributed by atoms with E-state index in [4.69, 9.17) is 9.31 Å². The van der Waals surface area contributed by atoms with Crippen molar-refractivity contribution in [3.8, 4) is 0 Å². The lowest BCUT2D eigenvalue weighted by molar-refractivity contribution is 0.00578. The Labute approximate surface area is 172 Å². The van der Waals surface area contributed by atoms with Gasteiger partial charge in [0.15, 0.2) is 0 Å². The van der Waals surface area contributed by atoms with Gasteiger partial charge in [-0.1, -0.05) is 18.2 Å². The van der Waals surface area contributed by atoms with Gasteiger partial charge in [-0.3, -0.25) is 9.52 Å². The van der Waals surface area contributed by atoms with E-state index < -0.39 is 28.3 Å². The zero-order valence-electron chi connectivity index (χ0n) is 17.1. The van der Waals surface area contributed by atoms with Crippen LogP contribution in [0.25, 0.3) is 0 Å². The number of rotatable bonds is 5. The van der Waals surface area contributed by atoms with Crippen molar-refractivity contribution in [3.05, 3.63) is 54.1 Å². The van der Waals surface area contributed by atoms with Gasteiger partial charge in [-0.2, -0.15) is 0 Å². The third-order valence-corrected chi connectivity index (χ3v) is 6.72. The van der Waals surface area contributed by atoms with Gasteiger partial charge in [-0.05, 0) is 63.5 Å². The maximum absolute atomic E-state index is 12.7. The van der Waals surface area contributed by atoms with E-state index in [2.05, 4.69) is 10.0 Å². The van der Waals surface area contributed by atoms with Crippen LogP contribution in [-0.2, 0) is 19.3 Å². The molecule has 2 aromatic carbocycles. The summed E-state index contributed by atoms with van der Waals surface area (Å²) in [7, 11) is -2.86. The van der Waals surface area contributed by atoms with Gasteiger partial charge in [0.1, 0.15) is 0 Å². The summed E-state index contributed by atoms with van der Waals surface area (Å²) in [6.45, 7) is 7.84. The van der Waals surface area contributed by atoms with Crippen LogP contribution in [0.1, 0.15) is 38.1 Å². The fourth-order valence-electron chi connectivity index (χ4n) is 2.87. The number of hydrogen-bond donors (Lipinski definition) is 2. The van der Waals surface area contributed by atoms with Crippen molar-refractivity contribution in [2.24, 2.45) is 0 Å². The van der Waals surface area contributed by atoms with Crippen molar-refractivity contribution in [1.29, 1.82) is 0 Å². The molecule has 1 amide bonds. The third kappa shape index (κ3) is 4.31. The number of hydrogen-bond acceptors (Lipinski definition) is 5. The minimum Gasteiger partial charge on any atom is -0.399 e. The minimum atomic E-state index is -3.81. The minimum absolute atomic E-state index is 0.100. The molecule has 154 valence electrons. The molecule has 0 bridgehead atoms. The highest BCUT2D eigenvalue weighted by Gasteiger charge is 2.51. The molecular weight excluding hydrogens is 391 g/mol. The summed E-state index contributed by atoms with van der Waals surface area (Å²) in [5, 5.41) is 2.51. The fraction of sp³-hybridized carbons (Fsp3) is 0.350. The molecule has 0 radical (unpaired) electrons. The van der Waals surface area contributed by atoms with Crippen LogP contribution in [-0.4, -0.2) is 39.7 Å². The number of amides is 1. The van der Waals surface area contributed by atoms with Crippen molar-refractivity contribution >= 4 is 34.2 Å². The number of carbonyl (C=O) groups is 1. The lowest BCUT2D eigenvalue weighted by Gasteiger charge is -2.32. The fourth-order valence-corrected chi connectivity index (χ4v) is 3.92. The van der Waals surface area contributed by atoms with E-state index in [9.17, 15) is 13.2 Å². The highest BCUT2D eigenvalue weighted by Crippen LogP contribution is 2.36. The first-order valence-corrected chi connectivity index (χ1v) is 10.7. The van der Waals surface area contributed by atoms with Gasteiger partial charge >= 0.3 is 7.12 Å². The first-order valence-electron chi connectivity index (χ1n) is 9.26. The standard InChI is InChI=1S/C20H25BN2O5S/c1-19(2)20(3,4)28-21(27-19)15-9-11-17(12-10-15)29(25,26)23-16-8-6-7-14(13-16)18(24)22-5/h6-13,23H,1-5H3,(H,22,24). The summed E-state index contributed by atoms with van der Waals surface area (Å²) < 4.78 is 39.9. The van der Waals surface area contributed by atoms with Crippen LogP contribution in [0.4, 0.5) is 5.69 Å². The molecule has 0 unspecified atom stereocenters. The monoisotopic (exact) mass is 416 g/mol. The van der Waals surface area contributed by atoms with Crippen LogP contribution in [0.3, 0.4) is 0 Å². The molecule has 0 saturated carbocycles. The number of carbonyl (C=O) groups excluding carboxylic acids is 1. The highest BCUT2D eigenvalue weighted by atomic mass is 32.2. The second-order valence-electron chi connectivity index (χ2n) is 7.92. The van der Waals surface area contributed by atoms with E-state index >= 15 is 0 Å². The average molecular weight is 416 g/mol. The predicted octanol–water partition coefficient (Wildman–Crippen LogP) is 2.15. The van der Waals surface area contributed by atoms with E-state index in [0.717, 1.165) is 5.46 Å². The molecule has 0 aliphatic carbocycles. The largest absolute Gasteiger partial charge is 0.494 e. The van der Waals surface area contributed by atoms with E-state index in [1.807, 2.05) is 27.7 Å². The summed E-state index contributed by atoms with van der Waals surface area (Å²) in [6, 6.07) is 12.7. The summed E-state index contributed by atoms with van der Waals surface area (Å²) in [6.07, 6.45) is 0. The van der Waals surface area contributed by atoms with Gasteiger partial charge in [0.25, 0.3) is 15.9 Å². The van der Waals surface area contributed by atoms with Crippen LogP contribution in [0.5, 0.6) is 0 Å². The Morgan fingerprint density at radius 3 is 2.10 bits per heavy atom. The molecule has 1 fully saturated rings. The molecule has 2 aromatic rings. The van der Waals surface area contributed by atoms with Gasteiger partial charge in [0.2, 0.25) is 0 Å². The van der Waals surface area contributed by atoms with Crippen LogP contribution < -0.4 is 15.5 Å². The van der Waals surface area contributed by atoms with Gasteiger partial charge in [0.05, 0.1) is 16.1 Å². The molecule has 0 aromatic heterocycles. The normalized spacial score (nSPS) is 17.8. The van der Waals surface area contributed by atoms with Gasteiger partial charge in [0, 0.05) is 18.3 Å². The van der Waals surface area contributed by atoms with Gasteiger partial charge < -0.3 is 14.6 Å². The van der Waals surface area contributed by atoms with Gasteiger partial charge in [-0.15, -0.1) is 0 Å². The maximum atomic E-state index is 12.7. The molecule has 1 heterocycles. The van der Waals surface area contributed by atoms with E-state index in [-0.39, 0.29) is 10.8 Å². The van der Waals surface area contributed by atoms with E-state index in [1.165, 1.54) is 25.2 Å². The van der Waals surface area contributed by atoms with Crippen molar-refractivity contribution in [2.75, 3.05) is 11.8 Å². The Balaban J connectivity index is 1.78. The van der Waals surface area contributed by atoms with Crippen LogP contribution in [0.2, 0.25) is 0 Å². The number of sulfonamides is 1. The van der Waals surface area contributed by atoms with E-state index in [1.54, 1.807) is 30.3 Å². The molecule has 3 rings (SSSR count). The number of nitrogens with one attached hydrogen (secondary N) is 2. The van der Waals surface area contributed by atoms with Crippen molar-refractivity contribution in [3.63, 3.8) is 0 Å². The summed E-state index contributed by atoms with van der Waals surface area (Å²) >= 11 is 0. The Hall–Kier alpha value is -2.36. The van der Waals surface area contributed by atoms with Crippen molar-refractivity contribution in [1.82, 2.24) is 5.32 Å². The quantitative estimate of drug-likeness (QED) is 0.729. The van der Waals surface area contributed by atoms with Crippen LogP contribution in [0, 0.1) is 0 Å². The number of anilines is 1. The highest BCUT2D eigenvalue weighted by molar-refractivity contribution is 7.92. The Morgan fingerprint density at radius 1 is 0.966 bits per heavy atom. The zero-order valence-corrected chi connectivity index (χ0v) is 18.0. The molecular formula is C20H25BN2O5S. The van der Waals surface area contributed by atoms with Crippen LogP contribution in [0.15, 0.2) is 53.4 Å². The zero-order chi connectivity index (χ0) is 21.4. The Kier molecular flexibility index (Phi) is 5.51. The third-order valence-electron chi connectivity index (χ3n) is 5.32. The SMILES string of the molecule is CNC(=O)c1cccc(NS(=O)(=O)c2ccc(B3OC(C)(C)C(C)(C)O3)cc2)c1. The first-order chi connectivity index (χ1) is 13.4. The Bertz CT molecular complexity index is 1000. The molecule has 9 heteroatoms. The van der Waals surface area contributed by atoms with Gasteiger partial charge in [-0.25, -0.2) is 8.42 Å². The second-order valence-corrected chi connectivity index (χ2v) is 9.61. The molecule has 1 aliphatic rings. The molecule has 1 saturated heterocycles. The summed E-state index contributed by atoms with van der Waals surface area (Å²) in [5.41, 5.74) is 0.466. The lowest BCUT2D eigenvalue weighted by atomic mass is 9.79. The summed E-state index contributed by atoms with van der Waals surface area (Å²) in [5.74, 6) is -0.294. The smallest absolute Gasteiger partial charge is 0.399 e. The lowest BCUT2D eigenvalue weighted by Crippen LogP contribution is -2.41. The number of benzene rings is 2. The molecule has 29 heavy (non-hydrogen) atoms. The summed E-state index contributed by atoms with van der Waals surface area (Å²) in [4.78, 5) is 11.8. The van der Waals surface area contributed by atoms with E-state index in [0.29, 0.717) is 11.3 Å². The second kappa shape index (κ2) is 7.48. The molecule has 0 spiro atoms. The Morgan fingerprint density at radius 2 is 1.55 bits per heavy atom. The van der Waals surface area contributed by atoms with Crippen LogP contribution >= 0.6 is 0 Å². The maximum Gasteiger partial charge on any atom is 0.494 e.